The number of pyridine rings is 1. The molecular weight excluding hydrogens is 263 g/mol. The summed E-state index contributed by atoms with van der Waals surface area (Å²) in [5.74, 6) is 1.28. The van der Waals surface area contributed by atoms with Crippen molar-refractivity contribution in [1.82, 2.24) is 20.1 Å². The smallest absolute Gasteiger partial charge is 0.179 e. The molecule has 0 unspecified atom stereocenters. The first kappa shape index (κ1) is 10.6. The quantitative estimate of drug-likeness (QED) is 0.688. The summed E-state index contributed by atoms with van der Waals surface area (Å²) < 4.78 is 4.98. The Morgan fingerprint density at radius 1 is 1.24 bits per heavy atom. The molecule has 0 fully saturated rings. The Hall–Kier alpha value is -1.59. The van der Waals surface area contributed by atoms with Gasteiger partial charge in [-0.15, -0.1) is 0 Å². The van der Waals surface area contributed by atoms with E-state index in [9.17, 15) is 0 Å². The third-order valence-electron chi connectivity index (χ3n) is 2.25. The van der Waals surface area contributed by atoms with E-state index in [0.29, 0.717) is 33.5 Å². The standard InChI is InChI=1S/C10H6Cl2N4O/c1-4-2-7(16-17-4)10-13-6-3-5(11)8(12)14-9(6)15-10/h2-3H,1H3,(H,13,14,15). The lowest BCUT2D eigenvalue weighted by Crippen LogP contribution is -1.79. The van der Waals surface area contributed by atoms with Gasteiger partial charge in [-0.05, 0) is 13.0 Å². The molecule has 0 amide bonds. The first-order valence-electron chi connectivity index (χ1n) is 4.79. The van der Waals surface area contributed by atoms with Crippen LogP contribution in [0.25, 0.3) is 22.7 Å². The maximum Gasteiger partial charge on any atom is 0.179 e. The number of nitrogens with zero attached hydrogens (tertiary/aromatic N) is 3. The van der Waals surface area contributed by atoms with E-state index < -0.39 is 0 Å². The van der Waals surface area contributed by atoms with Crippen LogP contribution in [0.3, 0.4) is 0 Å². The van der Waals surface area contributed by atoms with Gasteiger partial charge in [0.2, 0.25) is 0 Å². The summed E-state index contributed by atoms with van der Waals surface area (Å²) in [5.41, 5.74) is 1.82. The molecule has 7 heteroatoms. The summed E-state index contributed by atoms with van der Waals surface area (Å²) in [7, 11) is 0. The van der Waals surface area contributed by atoms with Gasteiger partial charge in [0.25, 0.3) is 0 Å². The summed E-state index contributed by atoms with van der Waals surface area (Å²) >= 11 is 11.7. The highest BCUT2D eigenvalue weighted by Gasteiger charge is 2.12. The number of H-pyrrole nitrogens is 1. The van der Waals surface area contributed by atoms with Gasteiger partial charge in [-0.25, -0.2) is 9.97 Å². The predicted octanol–water partition coefficient (Wildman–Crippen LogP) is 3.23. The van der Waals surface area contributed by atoms with Crippen LogP contribution in [0.15, 0.2) is 16.7 Å². The number of hydrogen-bond donors (Lipinski definition) is 1. The lowest BCUT2D eigenvalue weighted by atomic mass is 10.4. The first-order chi connectivity index (χ1) is 8.13. The number of hydrogen-bond acceptors (Lipinski definition) is 4. The van der Waals surface area contributed by atoms with Gasteiger partial charge in [0.15, 0.2) is 11.5 Å². The van der Waals surface area contributed by atoms with E-state index in [4.69, 9.17) is 27.7 Å². The van der Waals surface area contributed by atoms with Gasteiger partial charge in [0.1, 0.15) is 16.6 Å². The zero-order valence-corrected chi connectivity index (χ0v) is 10.2. The number of rotatable bonds is 1. The number of imidazole rings is 1. The number of halogens is 2. The monoisotopic (exact) mass is 268 g/mol. The summed E-state index contributed by atoms with van der Waals surface area (Å²) in [6, 6.07) is 3.45. The molecular formula is C10H6Cl2N4O. The molecule has 0 saturated heterocycles. The maximum absolute atomic E-state index is 5.87. The highest BCUT2D eigenvalue weighted by molar-refractivity contribution is 6.41. The Balaban J connectivity index is 2.19. The van der Waals surface area contributed by atoms with Gasteiger partial charge in [-0.1, -0.05) is 28.4 Å². The molecule has 0 saturated carbocycles. The van der Waals surface area contributed by atoms with Crippen LogP contribution in [0.1, 0.15) is 5.76 Å². The van der Waals surface area contributed by atoms with E-state index in [2.05, 4.69) is 20.1 Å². The zero-order chi connectivity index (χ0) is 12.0. The van der Waals surface area contributed by atoms with Crippen molar-refractivity contribution < 1.29 is 4.52 Å². The maximum atomic E-state index is 5.87. The van der Waals surface area contributed by atoms with E-state index in [0.717, 1.165) is 0 Å². The molecule has 3 rings (SSSR count). The second-order valence-corrected chi connectivity index (χ2v) is 4.31. The van der Waals surface area contributed by atoms with Crippen molar-refractivity contribution in [1.29, 1.82) is 0 Å². The second kappa shape index (κ2) is 3.72. The summed E-state index contributed by atoms with van der Waals surface area (Å²) in [4.78, 5) is 11.4. The van der Waals surface area contributed by atoms with E-state index in [1.54, 1.807) is 12.1 Å². The van der Waals surface area contributed by atoms with Crippen LogP contribution in [-0.2, 0) is 0 Å². The molecule has 0 aliphatic heterocycles. The van der Waals surface area contributed by atoms with Crippen LogP contribution in [0, 0.1) is 6.92 Å². The topological polar surface area (TPSA) is 67.6 Å². The van der Waals surface area contributed by atoms with E-state index in [1.807, 2.05) is 6.92 Å². The molecule has 86 valence electrons. The number of aromatic amines is 1. The van der Waals surface area contributed by atoms with Crippen molar-refractivity contribution in [2.24, 2.45) is 0 Å². The van der Waals surface area contributed by atoms with E-state index in [1.165, 1.54) is 0 Å². The van der Waals surface area contributed by atoms with Gasteiger partial charge in [-0.2, -0.15) is 0 Å². The number of aryl methyl sites for hydroxylation is 1. The first-order valence-corrected chi connectivity index (χ1v) is 5.54. The number of nitrogens with one attached hydrogen (secondary N) is 1. The summed E-state index contributed by atoms with van der Waals surface area (Å²) in [6.07, 6.45) is 0. The Bertz CT molecular complexity index is 664. The molecule has 5 nitrogen and oxygen atoms in total. The summed E-state index contributed by atoms with van der Waals surface area (Å²) in [6.45, 7) is 1.81. The van der Waals surface area contributed by atoms with Crippen molar-refractivity contribution >= 4 is 34.4 Å². The summed E-state index contributed by atoms with van der Waals surface area (Å²) in [5, 5.41) is 4.47. The van der Waals surface area contributed by atoms with E-state index in [-0.39, 0.29) is 5.15 Å². The average Bonchev–Trinajstić information content (AvgIpc) is 2.85. The Labute approximate surface area is 106 Å². The molecule has 0 bridgehead atoms. The molecule has 0 aliphatic carbocycles. The minimum Gasteiger partial charge on any atom is -0.361 e. The van der Waals surface area contributed by atoms with Crippen LogP contribution in [-0.4, -0.2) is 20.1 Å². The molecule has 0 radical (unpaired) electrons. The van der Waals surface area contributed by atoms with E-state index >= 15 is 0 Å². The molecule has 1 N–H and O–H groups in total. The Morgan fingerprint density at radius 2 is 2.06 bits per heavy atom. The minimum atomic E-state index is 0.230. The van der Waals surface area contributed by atoms with Gasteiger partial charge in [0, 0.05) is 6.07 Å². The lowest BCUT2D eigenvalue weighted by molar-refractivity contribution is 0.399. The van der Waals surface area contributed by atoms with Crippen LogP contribution in [0.5, 0.6) is 0 Å². The molecule has 0 spiro atoms. The van der Waals surface area contributed by atoms with Gasteiger partial charge in [-0.3, -0.25) is 0 Å². The molecule has 0 aliphatic rings. The van der Waals surface area contributed by atoms with Crippen molar-refractivity contribution in [2.75, 3.05) is 0 Å². The molecule has 0 aromatic carbocycles. The third-order valence-corrected chi connectivity index (χ3v) is 2.93. The van der Waals surface area contributed by atoms with Crippen LogP contribution in [0.4, 0.5) is 0 Å². The lowest BCUT2D eigenvalue weighted by Gasteiger charge is -1.92. The van der Waals surface area contributed by atoms with Crippen LogP contribution < -0.4 is 0 Å². The minimum absolute atomic E-state index is 0.230. The number of fused-ring (bicyclic) bond motifs is 1. The highest BCUT2D eigenvalue weighted by atomic mass is 35.5. The van der Waals surface area contributed by atoms with Crippen LogP contribution >= 0.6 is 23.2 Å². The zero-order valence-electron chi connectivity index (χ0n) is 8.66. The molecule has 3 aromatic heterocycles. The second-order valence-electron chi connectivity index (χ2n) is 3.54. The molecule has 3 aromatic rings. The largest absolute Gasteiger partial charge is 0.361 e. The van der Waals surface area contributed by atoms with Crippen molar-refractivity contribution in [3.63, 3.8) is 0 Å². The average molecular weight is 269 g/mol. The van der Waals surface area contributed by atoms with Crippen molar-refractivity contribution in [3.8, 4) is 11.5 Å². The molecule has 17 heavy (non-hydrogen) atoms. The SMILES string of the molecule is Cc1cc(-c2nc3nc(Cl)c(Cl)cc3[nH]2)no1. The molecule has 0 atom stereocenters. The Kier molecular flexibility index (Phi) is 2.31. The fourth-order valence-electron chi connectivity index (χ4n) is 1.50. The van der Waals surface area contributed by atoms with Gasteiger partial charge >= 0.3 is 0 Å². The predicted molar refractivity (Wildman–Crippen MR) is 64.1 cm³/mol. The Morgan fingerprint density at radius 3 is 2.76 bits per heavy atom. The number of aromatic nitrogens is 4. The normalized spacial score (nSPS) is 11.2. The molecule has 3 heterocycles. The highest BCUT2D eigenvalue weighted by Crippen LogP contribution is 2.25. The van der Waals surface area contributed by atoms with Crippen LogP contribution in [0.2, 0.25) is 10.2 Å². The fourth-order valence-corrected chi connectivity index (χ4v) is 1.78. The van der Waals surface area contributed by atoms with Crippen molar-refractivity contribution in [3.05, 3.63) is 28.1 Å². The third kappa shape index (κ3) is 1.77. The van der Waals surface area contributed by atoms with Gasteiger partial charge < -0.3 is 9.51 Å². The fraction of sp³-hybridized carbons (Fsp3) is 0.100. The van der Waals surface area contributed by atoms with Crippen molar-refractivity contribution in [2.45, 2.75) is 6.92 Å². The van der Waals surface area contributed by atoms with Gasteiger partial charge in [0.05, 0.1) is 10.5 Å².